The van der Waals surface area contributed by atoms with Gasteiger partial charge in [0.25, 0.3) is 0 Å². The lowest BCUT2D eigenvalue weighted by atomic mass is 9.95. The van der Waals surface area contributed by atoms with Crippen LogP contribution in [0.25, 0.3) is 0 Å². The molecule has 0 heterocycles. The van der Waals surface area contributed by atoms with Gasteiger partial charge in [0, 0.05) is 6.42 Å². The number of hydrogen-bond donors (Lipinski definition) is 0. The highest BCUT2D eigenvalue weighted by molar-refractivity contribution is 6.00. The molecule has 0 rings (SSSR count). The van der Waals surface area contributed by atoms with Gasteiger partial charge in [0.05, 0.1) is 12.5 Å². The van der Waals surface area contributed by atoms with Crippen molar-refractivity contribution in [1.29, 1.82) is 0 Å². The number of esters is 1. The van der Waals surface area contributed by atoms with Crippen LogP contribution in [0, 0.1) is 5.92 Å². The zero-order valence-electron chi connectivity index (χ0n) is 9.54. The van der Waals surface area contributed by atoms with Crippen molar-refractivity contribution in [3.8, 4) is 0 Å². The second-order valence-corrected chi connectivity index (χ2v) is 3.49. The molecule has 0 fully saturated rings. The van der Waals surface area contributed by atoms with E-state index in [0.29, 0.717) is 19.3 Å². The van der Waals surface area contributed by atoms with E-state index in [2.05, 4.69) is 0 Å². The molecule has 4 nitrogen and oxygen atoms in total. The van der Waals surface area contributed by atoms with Crippen LogP contribution < -0.4 is 0 Å². The summed E-state index contributed by atoms with van der Waals surface area (Å²) in [6.45, 7) is 4.81. The predicted molar refractivity (Wildman–Crippen MR) is 55.3 cm³/mol. The van der Waals surface area contributed by atoms with Crippen LogP contribution in [0.5, 0.6) is 0 Å². The molecule has 0 bridgehead atoms. The zero-order valence-corrected chi connectivity index (χ0v) is 9.54. The van der Waals surface area contributed by atoms with E-state index in [1.54, 1.807) is 6.92 Å². The van der Waals surface area contributed by atoms with E-state index in [1.165, 1.54) is 13.8 Å². The molecule has 0 radical (unpaired) electrons. The van der Waals surface area contributed by atoms with Gasteiger partial charge in [-0.05, 0) is 26.7 Å². The van der Waals surface area contributed by atoms with Crippen LogP contribution in [0.15, 0.2) is 0 Å². The van der Waals surface area contributed by atoms with E-state index < -0.39 is 5.92 Å². The Bertz CT molecular complexity index is 231. The van der Waals surface area contributed by atoms with E-state index in [4.69, 9.17) is 4.74 Å². The first-order chi connectivity index (χ1) is 6.99. The van der Waals surface area contributed by atoms with Gasteiger partial charge in [-0.15, -0.1) is 0 Å². The normalized spacial score (nSPS) is 10.1. The van der Waals surface area contributed by atoms with Crippen LogP contribution in [-0.4, -0.2) is 24.1 Å². The summed E-state index contributed by atoms with van der Waals surface area (Å²) in [4.78, 5) is 32.9. The van der Waals surface area contributed by atoms with Crippen molar-refractivity contribution >= 4 is 17.5 Å². The number of hydrogen-bond acceptors (Lipinski definition) is 4. The standard InChI is InChI=1S/C11H18O4/c1-4-11(14)15-7-5-6-10(8(2)12)9(3)13/h10H,4-7H2,1-3H3. The van der Waals surface area contributed by atoms with Gasteiger partial charge in [-0.3, -0.25) is 14.4 Å². The highest BCUT2D eigenvalue weighted by Crippen LogP contribution is 2.09. The summed E-state index contributed by atoms with van der Waals surface area (Å²) in [6, 6.07) is 0. The minimum Gasteiger partial charge on any atom is -0.466 e. The second kappa shape index (κ2) is 7.15. The van der Waals surface area contributed by atoms with Gasteiger partial charge in [-0.1, -0.05) is 6.92 Å². The van der Waals surface area contributed by atoms with Crippen LogP contribution in [0.4, 0.5) is 0 Å². The van der Waals surface area contributed by atoms with Crippen LogP contribution in [-0.2, 0) is 19.1 Å². The molecular formula is C11H18O4. The van der Waals surface area contributed by atoms with Crippen molar-refractivity contribution in [2.24, 2.45) is 5.92 Å². The summed E-state index contributed by atoms with van der Waals surface area (Å²) < 4.78 is 4.84. The molecule has 0 spiro atoms. The van der Waals surface area contributed by atoms with E-state index in [9.17, 15) is 14.4 Å². The summed E-state index contributed by atoms with van der Waals surface area (Å²) in [5, 5.41) is 0. The lowest BCUT2D eigenvalue weighted by Gasteiger charge is -2.09. The fraction of sp³-hybridized carbons (Fsp3) is 0.727. The summed E-state index contributed by atoms with van der Waals surface area (Å²) in [5.74, 6) is -1.03. The van der Waals surface area contributed by atoms with Gasteiger partial charge < -0.3 is 4.74 Å². The second-order valence-electron chi connectivity index (χ2n) is 3.49. The number of ether oxygens (including phenoxy) is 1. The Labute approximate surface area is 90.0 Å². The molecule has 0 amide bonds. The largest absolute Gasteiger partial charge is 0.466 e. The Hall–Kier alpha value is -1.19. The van der Waals surface area contributed by atoms with Crippen molar-refractivity contribution in [3.63, 3.8) is 0 Å². The lowest BCUT2D eigenvalue weighted by molar-refractivity contribution is -0.143. The maximum Gasteiger partial charge on any atom is 0.305 e. The number of ketones is 2. The molecule has 0 unspecified atom stereocenters. The number of rotatable bonds is 7. The molecular weight excluding hydrogens is 196 g/mol. The van der Waals surface area contributed by atoms with E-state index in [1.807, 2.05) is 0 Å². The van der Waals surface area contributed by atoms with Crippen molar-refractivity contribution in [2.75, 3.05) is 6.61 Å². The number of carbonyl (C=O) groups is 3. The van der Waals surface area contributed by atoms with Crippen LogP contribution in [0.3, 0.4) is 0 Å². The maximum atomic E-state index is 11.0. The van der Waals surface area contributed by atoms with Gasteiger partial charge in [0.1, 0.15) is 11.6 Å². The Balaban J connectivity index is 3.77. The molecule has 86 valence electrons. The number of Topliss-reactive ketones (excluding diaryl/α,β-unsaturated/α-hetero) is 2. The SMILES string of the molecule is CCC(=O)OCCCC(C(C)=O)C(C)=O. The van der Waals surface area contributed by atoms with E-state index >= 15 is 0 Å². The monoisotopic (exact) mass is 214 g/mol. The van der Waals surface area contributed by atoms with Gasteiger partial charge >= 0.3 is 5.97 Å². The third-order valence-corrected chi connectivity index (χ3v) is 2.17. The summed E-state index contributed by atoms with van der Waals surface area (Å²) in [6.07, 6.45) is 1.36. The molecule has 0 atom stereocenters. The molecule has 4 heteroatoms. The first-order valence-electron chi connectivity index (χ1n) is 5.15. The molecule has 0 aromatic heterocycles. The molecule has 0 saturated heterocycles. The maximum absolute atomic E-state index is 11.0. The molecule has 0 aliphatic carbocycles. The first kappa shape index (κ1) is 13.8. The van der Waals surface area contributed by atoms with E-state index in [-0.39, 0.29) is 24.1 Å². The molecule has 0 aliphatic rings. The number of carbonyl (C=O) groups excluding carboxylic acids is 3. The first-order valence-corrected chi connectivity index (χ1v) is 5.15. The Morgan fingerprint density at radius 3 is 2.07 bits per heavy atom. The Morgan fingerprint density at radius 1 is 1.13 bits per heavy atom. The summed E-state index contributed by atoms with van der Waals surface area (Å²) in [7, 11) is 0. The van der Waals surface area contributed by atoms with Gasteiger partial charge in [0.15, 0.2) is 0 Å². The van der Waals surface area contributed by atoms with Crippen LogP contribution in [0.2, 0.25) is 0 Å². The molecule has 15 heavy (non-hydrogen) atoms. The van der Waals surface area contributed by atoms with Gasteiger partial charge in [0.2, 0.25) is 0 Å². The molecule has 0 saturated carbocycles. The van der Waals surface area contributed by atoms with Crippen LogP contribution >= 0.6 is 0 Å². The Morgan fingerprint density at radius 2 is 1.67 bits per heavy atom. The van der Waals surface area contributed by atoms with Gasteiger partial charge in [-0.25, -0.2) is 0 Å². The topological polar surface area (TPSA) is 60.4 Å². The lowest BCUT2D eigenvalue weighted by Crippen LogP contribution is -2.20. The fourth-order valence-corrected chi connectivity index (χ4v) is 1.27. The van der Waals surface area contributed by atoms with Crippen molar-refractivity contribution < 1.29 is 19.1 Å². The summed E-state index contributed by atoms with van der Waals surface area (Å²) >= 11 is 0. The summed E-state index contributed by atoms with van der Waals surface area (Å²) in [5.41, 5.74) is 0. The Kier molecular flexibility index (Phi) is 6.58. The third kappa shape index (κ3) is 5.99. The molecule has 0 N–H and O–H groups in total. The highest BCUT2D eigenvalue weighted by Gasteiger charge is 2.18. The smallest absolute Gasteiger partial charge is 0.305 e. The van der Waals surface area contributed by atoms with Crippen molar-refractivity contribution in [2.45, 2.75) is 40.0 Å². The highest BCUT2D eigenvalue weighted by atomic mass is 16.5. The quantitative estimate of drug-likeness (QED) is 0.366. The predicted octanol–water partition coefficient (Wildman–Crippen LogP) is 1.51. The van der Waals surface area contributed by atoms with Crippen molar-refractivity contribution in [1.82, 2.24) is 0 Å². The minimum atomic E-state index is -0.537. The third-order valence-electron chi connectivity index (χ3n) is 2.17. The fourth-order valence-electron chi connectivity index (χ4n) is 1.27. The molecule has 0 aromatic carbocycles. The van der Waals surface area contributed by atoms with E-state index in [0.717, 1.165) is 0 Å². The minimum absolute atomic E-state index is 0.121. The van der Waals surface area contributed by atoms with Gasteiger partial charge in [-0.2, -0.15) is 0 Å². The van der Waals surface area contributed by atoms with Crippen LogP contribution in [0.1, 0.15) is 40.0 Å². The molecule has 0 aliphatic heterocycles. The van der Waals surface area contributed by atoms with Crippen molar-refractivity contribution in [3.05, 3.63) is 0 Å². The average molecular weight is 214 g/mol. The average Bonchev–Trinajstić information content (AvgIpc) is 2.15. The zero-order chi connectivity index (χ0) is 11.8. The molecule has 0 aromatic rings.